The number of hydrogen-bond donors (Lipinski definition) is 0. The second-order valence-electron chi connectivity index (χ2n) is 7.19. The Hall–Kier alpha value is -2.34. The van der Waals surface area contributed by atoms with Crippen LogP contribution in [0.5, 0.6) is 0 Å². The lowest BCUT2D eigenvalue weighted by Gasteiger charge is -2.25. The highest BCUT2D eigenvalue weighted by Gasteiger charge is 2.24. The predicted molar refractivity (Wildman–Crippen MR) is 111 cm³/mol. The Kier molecular flexibility index (Phi) is 6.27. The summed E-state index contributed by atoms with van der Waals surface area (Å²) in [5.41, 5.74) is 0.790. The van der Waals surface area contributed by atoms with E-state index in [-0.39, 0.29) is 5.78 Å². The fraction of sp³-hybridized carbons (Fsp3) is 0.409. The highest BCUT2D eigenvalue weighted by Crippen LogP contribution is 2.35. The SMILES string of the molecule is O=C(CCCSc1nnc(-c2ccco2)n1C1CCCCC1)c1ccccc1. The molecule has 2 heterocycles. The number of Topliss-reactive ketones (excluding diaryl/α,β-unsaturated/α-hetero) is 1. The van der Waals surface area contributed by atoms with E-state index in [1.165, 1.54) is 19.3 Å². The molecule has 0 unspecified atom stereocenters. The van der Waals surface area contributed by atoms with Crippen LogP contribution in [0.15, 0.2) is 58.3 Å². The molecule has 0 saturated heterocycles. The van der Waals surface area contributed by atoms with E-state index in [4.69, 9.17) is 4.42 Å². The van der Waals surface area contributed by atoms with E-state index < -0.39 is 0 Å². The molecule has 1 aliphatic rings. The summed E-state index contributed by atoms with van der Waals surface area (Å²) < 4.78 is 7.86. The van der Waals surface area contributed by atoms with Crippen LogP contribution < -0.4 is 0 Å². The number of ketones is 1. The lowest BCUT2D eigenvalue weighted by molar-refractivity contribution is 0.0982. The minimum absolute atomic E-state index is 0.200. The molecule has 0 bridgehead atoms. The maximum atomic E-state index is 12.3. The van der Waals surface area contributed by atoms with E-state index in [1.54, 1.807) is 18.0 Å². The third-order valence-electron chi connectivity index (χ3n) is 5.22. The summed E-state index contributed by atoms with van der Waals surface area (Å²) in [5, 5.41) is 9.82. The molecule has 0 amide bonds. The number of benzene rings is 1. The first-order valence-corrected chi connectivity index (χ1v) is 11.0. The maximum Gasteiger partial charge on any atom is 0.200 e. The summed E-state index contributed by atoms with van der Waals surface area (Å²) >= 11 is 1.69. The van der Waals surface area contributed by atoms with Crippen molar-refractivity contribution < 1.29 is 9.21 Å². The highest BCUT2D eigenvalue weighted by atomic mass is 32.2. The van der Waals surface area contributed by atoms with Gasteiger partial charge in [-0.25, -0.2) is 0 Å². The normalized spacial score (nSPS) is 15.0. The van der Waals surface area contributed by atoms with Gasteiger partial charge in [0.2, 0.25) is 5.82 Å². The zero-order valence-electron chi connectivity index (χ0n) is 15.9. The molecule has 1 aromatic carbocycles. The van der Waals surface area contributed by atoms with Crippen molar-refractivity contribution in [2.24, 2.45) is 0 Å². The number of thioether (sulfide) groups is 1. The highest BCUT2D eigenvalue weighted by molar-refractivity contribution is 7.99. The van der Waals surface area contributed by atoms with Crippen molar-refractivity contribution in [1.29, 1.82) is 0 Å². The maximum absolute atomic E-state index is 12.3. The molecule has 146 valence electrons. The average molecular weight is 396 g/mol. The molecule has 0 aliphatic heterocycles. The second kappa shape index (κ2) is 9.24. The largest absolute Gasteiger partial charge is 0.461 e. The van der Waals surface area contributed by atoms with Crippen molar-refractivity contribution in [1.82, 2.24) is 14.8 Å². The molecular formula is C22H25N3O2S. The van der Waals surface area contributed by atoms with Crippen molar-refractivity contribution in [2.45, 2.75) is 56.1 Å². The van der Waals surface area contributed by atoms with Gasteiger partial charge in [-0.3, -0.25) is 9.36 Å². The second-order valence-corrected chi connectivity index (χ2v) is 8.25. The van der Waals surface area contributed by atoms with Crippen LogP contribution in [0.25, 0.3) is 11.6 Å². The van der Waals surface area contributed by atoms with Crippen molar-refractivity contribution in [3.05, 3.63) is 54.3 Å². The first-order chi connectivity index (χ1) is 13.8. The third kappa shape index (κ3) is 4.38. The van der Waals surface area contributed by atoms with Crippen LogP contribution in [0, 0.1) is 0 Å². The third-order valence-corrected chi connectivity index (χ3v) is 6.25. The van der Waals surface area contributed by atoms with E-state index in [0.717, 1.165) is 47.3 Å². The molecule has 4 rings (SSSR count). The zero-order chi connectivity index (χ0) is 19.2. The molecule has 28 heavy (non-hydrogen) atoms. The summed E-state index contributed by atoms with van der Waals surface area (Å²) in [6.45, 7) is 0. The topological polar surface area (TPSA) is 60.9 Å². The standard InChI is InChI=1S/C22H25N3O2S/c26-19(17-9-3-1-4-10-17)13-8-16-28-22-24-23-21(20-14-7-15-27-20)25(22)18-11-5-2-6-12-18/h1,3-4,7,9-10,14-15,18H,2,5-6,8,11-13,16H2. The van der Waals surface area contributed by atoms with E-state index in [9.17, 15) is 4.79 Å². The van der Waals surface area contributed by atoms with Crippen LogP contribution in [0.2, 0.25) is 0 Å². The molecular weight excluding hydrogens is 370 g/mol. The fourth-order valence-corrected chi connectivity index (χ4v) is 4.73. The Bertz CT molecular complexity index is 884. The molecule has 5 nitrogen and oxygen atoms in total. The molecule has 3 aromatic rings. The first-order valence-electron chi connectivity index (χ1n) is 10.0. The molecule has 1 saturated carbocycles. The number of carbonyl (C=O) groups is 1. The molecule has 2 aromatic heterocycles. The van der Waals surface area contributed by atoms with Crippen LogP contribution in [-0.4, -0.2) is 26.3 Å². The van der Waals surface area contributed by atoms with Gasteiger partial charge in [-0.2, -0.15) is 0 Å². The van der Waals surface area contributed by atoms with Crippen LogP contribution in [-0.2, 0) is 0 Å². The smallest absolute Gasteiger partial charge is 0.200 e. The van der Waals surface area contributed by atoms with Gasteiger partial charge in [0.25, 0.3) is 0 Å². The van der Waals surface area contributed by atoms with E-state index in [2.05, 4.69) is 14.8 Å². The van der Waals surface area contributed by atoms with Gasteiger partial charge >= 0.3 is 0 Å². The number of carbonyl (C=O) groups excluding carboxylic acids is 1. The summed E-state index contributed by atoms with van der Waals surface area (Å²) in [7, 11) is 0. The zero-order valence-corrected chi connectivity index (χ0v) is 16.7. The monoisotopic (exact) mass is 395 g/mol. The van der Waals surface area contributed by atoms with E-state index >= 15 is 0 Å². The molecule has 0 atom stereocenters. The Morgan fingerprint density at radius 3 is 2.64 bits per heavy atom. The minimum atomic E-state index is 0.200. The van der Waals surface area contributed by atoms with Gasteiger partial charge in [-0.05, 0) is 31.4 Å². The Balaban J connectivity index is 1.42. The lowest BCUT2D eigenvalue weighted by Crippen LogP contribution is -2.15. The number of rotatable bonds is 8. The minimum Gasteiger partial charge on any atom is -0.461 e. The van der Waals surface area contributed by atoms with Crippen LogP contribution >= 0.6 is 11.8 Å². The first kappa shape index (κ1) is 19.0. The summed E-state index contributed by atoms with van der Waals surface area (Å²) in [4.78, 5) is 12.3. The van der Waals surface area contributed by atoms with Gasteiger partial charge < -0.3 is 4.42 Å². The quantitative estimate of drug-likeness (QED) is 0.274. The van der Waals surface area contributed by atoms with Crippen molar-refractivity contribution in [2.75, 3.05) is 5.75 Å². The van der Waals surface area contributed by atoms with E-state index in [1.807, 2.05) is 42.5 Å². The summed E-state index contributed by atoms with van der Waals surface area (Å²) in [6.07, 6.45) is 9.17. The number of furan rings is 1. The number of aromatic nitrogens is 3. The molecule has 0 N–H and O–H groups in total. The molecule has 0 spiro atoms. The lowest BCUT2D eigenvalue weighted by atomic mass is 9.95. The van der Waals surface area contributed by atoms with Gasteiger partial charge in [0.15, 0.2) is 16.7 Å². The molecule has 0 radical (unpaired) electrons. The molecule has 6 heteroatoms. The molecule has 1 fully saturated rings. The van der Waals surface area contributed by atoms with Gasteiger partial charge in [-0.15, -0.1) is 10.2 Å². The van der Waals surface area contributed by atoms with Crippen molar-refractivity contribution in [3.8, 4) is 11.6 Å². The Labute approximate surface area is 169 Å². The number of nitrogens with zero attached hydrogens (tertiary/aromatic N) is 3. The number of hydrogen-bond acceptors (Lipinski definition) is 5. The summed E-state index contributed by atoms with van der Waals surface area (Å²) in [5.74, 6) is 2.64. The van der Waals surface area contributed by atoms with Gasteiger partial charge in [-0.1, -0.05) is 61.4 Å². The van der Waals surface area contributed by atoms with Gasteiger partial charge in [0.1, 0.15) is 0 Å². The predicted octanol–water partition coefficient (Wildman–Crippen LogP) is 5.80. The fourth-order valence-electron chi connectivity index (χ4n) is 3.78. The van der Waals surface area contributed by atoms with Crippen LogP contribution in [0.3, 0.4) is 0 Å². The molecule has 1 aliphatic carbocycles. The van der Waals surface area contributed by atoms with Crippen LogP contribution in [0.4, 0.5) is 0 Å². The van der Waals surface area contributed by atoms with Gasteiger partial charge in [0.05, 0.1) is 6.26 Å². The van der Waals surface area contributed by atoms with Crippen molar-refractivity contribution in [3.63, 3.8) is 0 Å². The van der Waals surface area contributed by atoms with Crippen molar-refractivity contribution >= 4 is 17.5 Å². The van der Waals surface area contributed by atoms with Crippen LogP contribution in [0.1, 0.15) is 61.3 Å². The van der Waals surface area contributed by atoms with Gasteiger partial charge in [0, 0.05) is 23.8 Å². The summed E-state index contributed by atoms with van der Waals surface area (Å²) in [6, 6.07) is 13.8. The Morgan fingerprint density at radius 1 is 1.07 bits per heavy atom. The van der Waals surface area contributed by atoms with E-state index in [0.29, 0.717) is 12.5 Å². The average Bonchev–Trinajstić information content (AvgIpc) is 3.42. The Morgan fingerprint density at radius 2 is 1.89 bits per heavy atom.